The molecule has 0 saturated heterocycles. The van der Waals surface area contributed by atoms with E-state index in [0.29, 0.717) is 18.8 Å². The summed E-state index contributed by atoms with van der Waals surface area (Å²) >= 11 is 0. The smallest absolute Gasteiger partial charge is 0.371 e. The Balaban J connectivity index is 1.83. The van der Waals surface area contributed by atoms with Crippen molar-refractivity contribution in [2.45, 2.75) is 19.7 Å². The fourth-order valence-corrected chi connectivity index (χ4v) is 1.68. The highest BCUT2D eigenvalue weighted by Gasteiger charge is 2.08. The Hall–Kier alpha value is -2.11. The highest BCUT2D eigenvalue weighted by molar-refractivity contribution is 5.84. The second kappa shape index (κ2) is 6.17. The van der Waals surface area contributed by atoms with E-state index in [1.54, 1.807) is 6.07 Å². The van der Waals surface area contributed by atoms with Gasteiger partial charge in [0.25, 0.3) is 0 Å². The molecule has 2 aromatic rings. The van der Waals surface area contributed by atoms with E-state index in [0.717, 1.165) is 11.1 Å². The molecule has 0 saturated carbocycles. The first kappa shape index (κ1) is 13.3. The number of hydrogen-bond donors (Lipinski definition) is 3. The van der Waals surface area contributed by atoms with Crippen LogP contribution in [0.3, 0.4) is 0 Å². The predicted molar refractivity (Wildman–Crippen MR) is 68.6 cm³/mol. The third-order valence-electron chi connectivity index (χ3n) is 2.71. The van der Waals surface area contributed by atoms with Crippen molar-refractivity contribution >= 4 is 5.97 Å². The minimum absolute atomic E-state index is 0.0398. The minimum Gasteiger partial charge on any atom is -0.475 e. The molecule has 0 aliphatic carbocycles. The Morgan fingerprint density at radius 1 is 1.05 bits per heavy atom. The third-order valence-corrected chi connectivity index (χ3v) is 2.71. The van der Waals surface area contributed by atoms with Crippen molar-refractivity contribution in [3.8, 4) is 0 Å². The molecule has 1 heterocycles. The van der Waals surface area contributed by atoms with Gasteiger partial charge in [0.05, 0.1) is 13.2 Å². The lowest BCUT2D eigenvalue weighted by molar-refractivity contribution is 0.0660. The number of nitrogens with one attached hydrogen (secondary N) is 1. The normalized spacial score (nSPS) is 10.6. The fourth-order valence-electron chi connectivity index (χ4n) is 1.68. The second-order valence-corrected chi connectivity index (χ2v) is 4.15. The Morgan fingerprint density at radius 3 is 2.32 bits per heavy atom. The Kier molecular flexibility index (Phi) is 4.33. The van der Waals surface area contributed by atoms with Crippen LogP contribution in [0.1, 0.15) is 27.4 Å². The molecule has 1 aromatic carbocycles. The molecule has 5 heteroatoms. The van der Waals surface area contributed by atoms with Gasteiger partial charge < -0.3 is 19.9 Å². The molecule has 1 aromatic heterocycles. The summed E-state index contributed by atoms with van der Waals surface area (Å²) in [6.45, 7) is 1.15. The van der Waals surface area contributed by atoms with Crippen molar-refractivity contribution in [3.05, 3.63) is 59.0 Å². The molecule has 2 rings (SSSR count). The molecule has 19 heavy (non-hydrogen) atoms. The Morgan fingerprint density at radius 2 is 1.74 bits per heavy atom. The summed E-state index contributed by atoms with van der Waals surface area (Å²) in [5, 5.41) is 20.8. The lowest BCUT2D eigenvalue weighted by atomic mass is 10.1. The second-order valence-electron chi connectivity index (χ2n) is 4.15. The van der Waals surface area contributed by atoms with Gasteiger partial charge >= 0.3 is 5.97 Å². The van der Waals surface area contributed by atoms with Crippen LogP contribution in [0.5, 0.6) is 0 Å². The molecule has 0 bridgehead atoms. The van der Waals surface area contributed by atoms with E-state index in [4.69, 9.17) is 14.6 Å². The van der Waals surface area contributed by atoms with Gasteiger partial charge in [-0.15, -0.1) is 0 Å². The number of aliphatic hydroxyl groups excluding tert-OH is 1. The molecule has 100 valence electrons. The number of rotatable bonds is 6. The minimum atomic E-state index is -1.06. The molecule has 3 N–H and O–H groups in total. The third kappa shape index (κ3) is 3.67. The molecule has 5 nitrogen and oxygen atoms in total. The van der Waals surface area contributed by atoms with E-state index in [9.17, 15) is 4.79 Å². The van der Waals surface area contributed by atoms with Crippen molar-refractivity contribution in [3.63, 3.8) is 0 Å². The van der Waals surface area contributed by atoms with Crippen LogP contribution in [0, 0.1) is 0 Å². The van der Waals surface area contributed by atoms with Crippen LogP contribution in [-0.2, 0) is 19.7 Å². The van der Waals surface area contributed by atoms with Gasteiger partial charge in [0.1, 0.15) is 5.76 Å². The molecule has 0 spiro atoms. The molecular formula is C14H15NO4. The van der Waals surface area contributed by atoms with Crippen molar-refractivity contribution in [2.24, 2.45) is 0 Å². The van der Waals surface area contributed by atoms with Crippen molar-refractivity contribution < 1.29 is 19.4 Å². The number of carboxylic acid groups (broad SMARTS) is 1. The zero-order valence-corrected chi connectivity index (χ0v) is 10.3. The van der Waals surface area contributed by atoms with E-state index < -0.39 is 5.97 Å². The lowest BCUT2D eigenvalue weighted by Crippen LogP contribution is -2.12. The molecule has 0 aliphatic rings. The van der Waals surface area contributed by atoms with Crippen LogP contribution in [0.25, 0.3) is 0 Å². The summed E-state index contributed by atoms with van der Waals surface area (Å²) in [7, 11) is 0. The number of aliphatic hydroxyl groups is 1. The van der Waals surface area contributed by atoms with Crippen molar-refractivity contribution in [1.29, 1.82) is 0 Å². The number of benzene rings is 1. The van der Waals surface area contributed by atoms with Crippen LogP contribution in [0.15, 0.2) is 40.8 Å². The molecule has 0 radical (unpaired) electrons. The SMILES string of the molecule is O=C(O)c1ccc(CNCc2ccc(CO)cc2)o1. The van der Waals surface area contributed by atoms with Gasteiger partial charge in [-0.05, 0) is 23.3 Å². The number of aromatic carboxylic acids is 1. The maximum Gasteiger partial charge on any atom is 0.371 e. The van der Waals surface area contributed by atoms with Crippen molar-refractivity contribution in [2.75, 3.05) is 0 Å². The summed E-state index contributed by atoms with van der Waals surface area (Å²) in [5.74, 6) is -0.528. The van der Waals surface area contributed by atoms with Gasteiger partial charge in [-0.2, -0.15) is 0 Å². The number of furan rings is 1. The first-order chi connectivity index (χ1) is 9.19. The number of carbonyl (C=O) groups is 1. The van der Waals surface area contributed by atoms with E-state index in [-0.39, 0.29) is 12.4 Å². The van der Waals surface area contributed by atoms with Crippen LogP contribution in [0.4, 0.5) is 0 Å². The summed E-state index contributed by atoms with van der Waals surface area (Å²) in [6.07, 6.45) is 0. The van der Waals surface area contributed by atoms with Gasteiger partial charge in [-0.25, -0.2) is 4.79 Å². The van der Waals surface area contributed by atoms with Gasteiger partial charge in [0.2, 0.25) is 5.76 Å². The van der Waals surface area contributed by atoms with Gasteiger partial charge in [-0.3, -0.25) is 0 Å². The summed E-state index contributed by atoms with van der Waals surface area (Å²) in [5.41, 5.74) is 1.96. The summed E-state index contributed by atoms with van der Waals surface area (Å²) < 4.78 is 5.12. The van der Waals surface area contributed by atoms with Crippen molar-refractivity contribution in [1.82, 2.24) is 5.32 Å². The van der Waals surface area contributed by atoms with E-state index in [1.807, 2.05) is 24.3 Å². The maximum absolute atomic E-state index is 10.6. The molecule has 0 unspecified atom stereocenters. The first-order valence-corrected chi connectivity index (χ1v) is 5.90. The van der Waals surface area contributed by atoms with Gasteiger partial charge in [-0.1, -0.05) is 24.3 Å². The largest absolute Gasteiger partial charge is 0.475 e. The monoisotopic (exact) mass is 261 g/mol. The molecule has 0 aliphatic heterocycles. The quantitative estimate of drug-likeness (QED) is 0.738. The number of hydrogen-bond acceptors (Lipinski definition) is 4. The van der Waals surface area contributed by atoms with Gasteiger partial charge in [0.15, 0.2) is 0 Å². The lowest BCUT2D eigenvalue weighted by Gasteiger charge is -2.04. The average molecular weight is 261 g/mol. The highest BCUT2D eigenvalue weighted by Crippen LogP contribution is 2.08. The predicted octanol–water partition coefficient (Wildman–Crippen LogP) is 1.76. The average Bonchev–Trinajstić information content (AvgIpc) is 2.89. The Labute approximate surface area is 110 Å². The molecular weight excluding hydrogens is 246 g/mol. The van der Waals surface area contributed by atoms with E-state index in [2.05, 4.69) is 5.32 Å². The summed E-state index contributed by atoms with van der Waals surface area (Å²) in [4.78, 5) is 10.6. The fraction of sp³-hybridized carbons (Fsp3) is 0.214. The van der Waals surface area contributed by atoms with E-state index >= 15 is 0 Å². The summed E-state index contributed by atoms with van der Waals surface area (Å²) in [6, 6.07) is 10.7. The maximum atomic E-state index is 10.6. The van der Waals surface area contributed by atoms with Crippen LogP contribution >= 0.6 is 0 Å². The van der Waals surface area contributed by atoms with Crippen LogP contribution in [0.2, 0.25) is 0 Å². The zero-order valence-electron chi connectivity index (χ0n) is 10.3. The molecule has 0 amide bonds. The highest BCUT2D eigenvalue weighted by atomic mass is 16.4. The van der Waals surface area contributed by atoms with E-state index in [1.165, 1.54) is 6.07 Å². The number of carboxylic acids is 1. The van der Waals surface area contributed by atoms with Crippen LogP contribution in [-0.4, -0.2) is 16.2 Å². The molecule has 0 atom stereocenters. The molecule has 0 fully saturated rings. The first-order valence-electron chi connectivity index (χ1n) is 5.90. The van der Waals surface area contributed by atoms with Crippen LogP contribution < -0.4 is 5.32 Å². The van der Waals surface area contributed by atoms with Gasteiger partial charge in [0, 0.05) is 6.54 Å². The topological polar surface area (TPSA) is 82.7 Å². The Bertz CT molecular complexity index is 545. The standard InChI is InChI=1S/C14H15NO4/c16-9-11-3-1-10(2-4-11)7-15-8-12-5-6-13(19-12)14(17)18/h1-6,15-16H,7-9H2,(H,17,18). The zero-order chi connectivity index (χ0) is 13.7.